The molecule has 3 nitrogen and oxygen atoms in total. The van der Waals surface area contributed by atoms with Crippen LogP contribution in [0, 0.1) is 0 Å². The molecule has 1 atom stereocenters. The molecule has 2 aromatic carbocycles. The molecule has 1 saturated carbocycles. The van der Waals surface area contributed by atoms with Crippen molar-refractivity contribution in [1.29, 1.82) is 0 Å². The Labute approximate surface area is 148 Å². The molecular formula is C20H23ClN2O. The van der Waals surface area contributed by atoms with E-state index in [4.69, 9.17) is 17.3 Å². The van der Waals surface area contributed by atoms with Crippen LogP contribution in [0.4, 0.5) is 5.69 Å². The van der Waals surface area contributed by atoms with Gasteiger partial charge in [0.15, 0.2) is 0 Å². The number of para-hydroxylation sites is 1. The molecule has 3 rings (SSSR count). The van der Waals surface area contributed by atoms with Gasteiger partial charge >= 0.3 is 0 Å². The molecule has 4 heteroatoms. The Morgan fingerprint density at radius 3 is 2.50 bits per heavy atom. The molecular weight excluding hydrogens is 320 g/mol. The first kappa shape index (κ1) is 16.8. The lowest BCUT2D eigenvalue weighted by Gasteiger charge is -2.30. The molecule has 1 aliphatic carbocycles. The van der Waals surface area contributed by atoms with Crippen LogP contribution in [0.25, 0.3) is 0 Å². The van der Waals surface area contributed by atoms with Crippen molar-refractivity contribution in [2.75, 3.05) is 5.73 Å². The van der Waals surface area contributed by atoms with Crippen LogP contribution < -0.4 is 5.73 Å². The van der Waals surface area contributed by atoms with Gasteiger partial charge in [-0.1, -0.05) is 41.9 Å². The molecule has 0 aromatic heterocycles. The standard InChI is InChI=1S/C20H23ClN2O/c1-14(15-6-9-17(21)10-7-15)23(18-11-12-18)20(24)13-8-16-4-2-3-5-19(16)22/h2-7,9-10,14,18H,8,11-13,22H2,1H3. The molecule has 1 aliphatic rings. The monoisotopic (exact) mass is 342 g/mol. The second-order valence-corrected chi connectivity index (χ2v) is 6.89. The lowest BCUT2D eigenvalue weighted by Crippen LogP contribution is -2.35. The summed E-state index contributed by atoms with van der Waals surface area (Å²) in [5.41, 5.74) is 8.91. The first-order valence-corrected chi connectivity index (χ1v) is 8.84. The molecule has 126 valence electrons. The summed E-state index contributed by atoms with van der Waals surface area (Å²) in [5.74, 6) is 0.197. The van der Waals surface area contributed by atoms with E-state index >= 15 is 0 Å². The van der Waals surface area contributed by atoms with Crippen LogP contribution in [0.15, 0.2) is 48.5 Å². The van der Waals surface area contributed by atoms with Crippen molar-refractivity contribution < 1.29 is 4.79 Å². The normalized spacial score (nSPS) is 15.1. The average molecular weight is 343 g/mol. The van der Waals surface area contributed by atoms with E-state index in [1.807, 2.05) is 53.4 Å². The molecule has 0 radical (unpaired) electrons. The number of hydrogen-bond acceptors (Lipinski definition) is 2. The van der Waals surface area contributed by atoms with Crippen LogP contribution in [0.1, 0.15) is 43.4 Å². The predicted octanol–water partition coefficient (Wildman–Crippen LogP) is 4.61. The Morgan fingerprint density at radius 1 is 1.21 bits per heavy atom. The maximum atomic E-state index is 12.9. The maximum Gasteiger partial charge on any atom is 0.223 e. The van der Waals surface area contributed by atoms with Crippen LogP contribution in [0.2, 0.25) is 5.02 Å². The number of carbonyl (C=O) groups is 1. The zero-order chi connectivity index (χ0) is 17.1. The van der Waals surface area contributed by atoms with Gasteiger partial charge in [0.05, 0.1) is 6.04 Å². The number of halogens is 1. The highest BCUT2D eigenvalue weighted by Gasteiger charge is 2.35. The number of carbonyl (C=O) groups excluding carboxylic acids is 1. The Morgan fingerprint density at radius 2 is 1.88 bits per heavy atom. The van der Waals surface area contributed by atoms with Gasteiger partial charge in [-0.2, -0.15) is 0 Å². The van der Waals surface area contributed by atoms with E-state index in [0.29, 0.717) is 18.9 Å². The quantitative estimate of drug-likeness (QED) is 0.779. The summed E-state index contributed by atoms with van der Waals surface area (Å²) in [6.45, 7) is 2.09. The van der Waals surface area contributed by atoms with Gasteiger partial charge in [0.1, 0.15) is 0 Å². The van der Waals surface area contributed by atoms with Crippen LogP contribution in [-0.2, 0) is 11.2 Å². The van der Waals surface area contributed by atoms with E-state index in [0.717, 1.165) is 34.7 Å². The lowest BCUT2D eigenvalue weighted by molar-refractivity contribution is -0.134. The van der Waals surface area contributed by atoms with Gasteiger partial charge in [0.2, 0.25) is 5.91 Å². The van der Waals surface area contributed by atoms with Gasteiger partial charge in [-0.25, -0.2) is 0 Å². The van der Waals surface area contributed by atoms with Crippen molar-refractivity contribution >= 4 is 23.2 Å². The summed E-state index contributed by atoms with van der Waals surface area (Å²) in [5, 5.41) is 0.717. The number of anilines is 1. The van der Waals surface area contributed by atoms with E-state index in [9.17, 15) is 4.79 Å². The molecule has 2 N–H and O–H groups in total. The molecule has 0 aliphatic heterocycles. The smallest absolute Gasteiger partial charge is 0.223 e. The molecule has 1 amide bonds. The van der Waals surface area contributed by atoms with E-state index < -0.39 is 0 Å². The zero-order valence-electron chi connectivity index (χ0n) is 13.9. The highest BCUT2D eigenvalue weighted by molar-refractivity contribution is 6.30. The fraction of sp³-hybridized carbons (Fsp3) is 0.350. The van der Waals surface area contributed by atoms with E-state index in [1.165, 1.54) is 0 Å². The highest BCUT2D eigenvalue weighted by atomic mass is 35.5. The summed E-state index contributed by atoms with van der Waals surface area (Å²) in [6.07, 6.45) is 3.36. The van der Waals surface area contributed by atoms with Gasteiger partial charge < -0.3 is 10.6 Å². The molecule has 0 spiro atoms. The van der Waals surface area contributed by atoms with Crippen molar-refractivity contribution in [1.82, 2.24) is 4.90 Å². The van der Waals surface area contributed by atoms with Crippen LogP contribution in [-0.4, -0.2) is 16.8 Å². The van der Waals surface area contributed by atoms with E-state index in [1.54, 1.807) is 0 Å². The van der Waals surface area contributed by atoms with Crippen molar-refractivity contribution in [3.8, 4) is 0 Å². The summed E-state index contributed by atoms with van der Waals surface area (Å²) in [4.78, 5) is 14.9. The molecule has 24 heavy (non-hydrogen) atoms. The third-order valence-corrected chi connectivity index (χ3v) is 4.91. The first-order chi connectivity index (χ1) is 11.6. The number of nitrogens with two attached hydrogens (primary N) is 1. The molecule has 2 aromatic rings. The molecule has 1 fully saturated rings. The van der Waals surface area contributed by atoms with E-state index in [2.05, 4.69) is 6.92 Å². The molecule has 1 unspecified atom stereocenters. The molecule has 0 heterocycles. The van der Waals surface area contributed by atoms with Crippen LogP contribution >= 0.6 is 11.6 Å². The SMILES string of the molecule is CC(c1ccc(Cl)cc1)N(C(=O)CCc1ccccc1N)C1CC1. The second-order valence-electron chi connectivity index (χ2n) is 6.46. The lowest BCUT2D eigenvalue weighted by atomic mass is 10.0. The van der Waals surface area contributed by atoms with Crippen LogP contribution in [0.3, 0.4) is 0 Å². The fourth-order valence-electron chi connectivity index (χ4n) is 3.12. The number of rotatable bonds is 6. The van der Waals surface area contributed by atoms with Gasteiger partial charge in [-0.3, -0.25) is 4.79 Å². The van der Waals surface area contributed by atoms with Crippen molar-refractivity contribution in [3.05, 3.63) is 64.7 Å². The predicted molar refractivity (Wildman–Crippen MR) is 98.9 cm³/mol. The Hall–Kier alpha value is -2.00. The largest absolute Gasteiger partial charge is 0.399 e. The van der Waals surface area contributed by atoms with Gasteiger partial charge in [0, 0.05) is 23.2 Å². The minimum Gasteiger partial charge on any atom is -0.399 e. The second kappa shape index (κ2) is 7.27. The average Bonchev–Trinajstić information content (AvgIpc) is 3.40. The Kier molecular flexibility index (Phi) is 5.10. The van der Waals surface area contributed by atoms with Crippen molar-refractivity contribution in [3.63, 3.8) is 0 Å². The fourth-order valence-corrected chi connectivity index (χ4v) is 3.25. The summed E-state index contributed by atoms with van der Waals surface area (Å²) < 4.78 is 0. The van der Waals surface area contributed by atoms with Crippen molar-refractivity contribution in [2.45, 2.75) is 44.7 Å². The minimum absolute atomic E-state index is 0.0652. The number of amides is 1. The van der Waals surface area contributed by atoms with Crippen molar-refractivity contribution in [2.24, 2.45) is 0 Å². The summed E-state index contributed by atoms with van der Waals surface area (Å²) in [6, 6.07) is 16.0. The zero-order valence-corrected chi connectivity index (χ0v) is 14.7. The third-order valence-electron chi connectivity index (χ3n) is 4.66. The number of hydrogen-bond donors (Lipinski definition) is 1. The van der Waals surface area contributed by atoms with Crippen LogP contribution in [0.5, 0.6) is 0 Å². The van der Waals surface area contributed by atoms with E-state index in [-0.39, 0.29) is 11.9 Å². The number of nitrogen functional groups attached to an aromatic ring is 1. The molecule has 0 saturated heterocycles. The van der Waals surface area contributed by atoms with Gasteiger partial charge in [0.25, 0.3) is 0 Å². The first-order valence-electron chi connectivity index (χ1n) is 8.46. The highest BCUT2D eigenvalue weighted by Crippen LogP contribution is 2.35. The third kappa shape index (κ3) is 3.90. The number of nitrogens with zero attached hydrogens (tertiary/aromatic N) is 1. The number of benzene rings is 2. The number of aryl methyl sites for hydroxylation is 1. The summed E-state index contributed by atoms with van der Waals surface area (Å²) >= 11 is 5.97. The Bertz CT molecular complexity index is 710. The van der Waals surface area contributed by atoms with Gasteiger partial charge in [-0.05, 0) is 55.5 Å². The van der Waals surface area contributed by atoms with Gasteiger partial charge in [-0.15, -0.1) is 0 Å². The topological polar surface area (TPSA) is 46.3 Å². The Balaban J connectivity index is 1.70. The summed E-state index contributed by atoms with van der Waals surface area (Å²) in [7, 11) is 0. The molecule has 0 bridgehead atoms. The maximum absolute atomic E-state index is 12.9. The minimum atomic E-state index is 0.0652.